The Morgan fingerprint density at radius 2 is 1.68 bits per heavy atom. The summed E-state index contributed by atoms with van der Waals surface area (Å²) in [5.41, 5.74) is 3.36. The number of piperidine rings is 1. The molecule has 0 bridgehead atoms. The monoisotopic (exact) mass is 418 g/mol. The number of nitrogens with one attached hydrogen (secondary N) is 1. The summed E-state index contributed by atoms with van der Waals surface area (Å²) in [6.45, 7) is 3.46. The van der Waals surface area contributed by atoms with Gasteiger partial charge in [0.05, 0.1) is 11.0 Å². The highest BCUT2D eigenvalue weighted by Crippen LogP contribution is 2.47. The average Bonchev–Trinajstić information content (AvgIpc) is 3.57. The van der Waals surface area contributed by atoms with Gasteiger partial charge < -0.3 is 10.2 Å². The van der Waals surface area contributed by atoms with Crippen LogP contribution in [0.5, 0.6) is 0 Å². The first-order chi connectivity index (χ1) is 15.1. The quantitative estimate of drug-likeness (QED) is 0.670. The summed E-state index contributed by atoms with van der Waals surface area (Å²) < 4.78 is 3.73. The Morgan fingerprint density at radius 3 is 2.42 bits per heavy atom. The zero-order chi connectivity index (χ0) is 21.4. The van der Waals surface area contributed by atoms with Crippen LogP contribution < -0.4 is 11.0 Å². The number of nitrogens with zero attached hydrogens (tertiary/aromatic N) is 3. The number of fused-ring (bicyclic) bond motifs is 1. The molecule has 1 N–H and O–H groups in total. The van der Waals surface area contributed by atoms with Crippen LogP contribution in [-0.4, -0.2) is 46.1 Å². The Kier molecular flexibility index (Phi) is 5.40. The molecule has 2 aromatic carbocycles. The lowest BCUT2D eigenvalue weighted by atomic mass is 10.0. The van der Waals surface area contributed by atoms with Crippen LogP contribution in [0.3, 0.4) is 0 Å². The van der Waals surface area contributed by atoms with E-state index in [0.29, 0.717) is 12.5 Å². The van der Waals surface area contributed by atoms with E-state index in [-0.39, 0.29) is 23.6 Å². The molecule has 0 spiro atoms. The van der Waals surface area contributed by atoms with Crippen molar-refractivity contribution < 1.29 is 4.79 Å². The van der Waals surface area contributed by atoms with Crippen LogP contribution in [0.2, 0.25) is 0 Å². The molecule has 3 aromatic rings. The minimum absolute atomic E-state index is 0.0734. The maximum Gasteiger partial charge on any atom is 0.329 e. The van der Waals surface area contributed by atoms with E-state index in [1.165, 1.54) is 5.56 Å². The molecule has 2 fully saturated rings. The highest BCUT2D eigenvalue weighted by atomic mass is 16.2. The maximum absolute atomic E-state index is 12.8. The summed E-state index contributed by atoms with van der Waals surface area (Å²) in [7, 11) is 1.85. The molecular formula is C25H30N4O2. The topological polar surface area (TPSA) is 59.3 Å². The standard InChI is InChI=1S/C25H30N4O2/c1-27-22-9-5-6-10-23(22)29(25(27)31)19-11-14-28(15-12-19)16-13-26-24(30)21-17-20(21)18-7-3-2-4-8-18/h2-10,19-21H,11-17H2,1H3,(H,26,30)/t20-,21+/m1/s1. The van der Waals surface area contributed by atoms with Gasteiger partial charge in [0.2, 0.25) is 5.91 Å². The lowest BCUT2D eigenvalue weighted by Crippen LogP contribution is -2.41. The molecule has 2 aliphatic rings. The molecule has 1 aliphatic carbocycles. The summed E-state index contributed by atoms with van der Waals surface area (Å²) in [5, 5.41) is 3.13. The molecule has 5 rings (SSSR count). The van der Waals surface area contributed by atoms with Gasteiger partial charge in [0, 0.05) is 45.2 Å². The molecule has 0 radical (unpaired) electrons. The van der Waals surface area contributed by atoms with E-state index in [1.807, 2.05) is 54.1 Å². The van der Waals surface area contributed by atoms with E-state index in [1.54, 1.807) is 4.57 Å². The second kappa shape index (κ2) is 8.35. The van der Waals surface area contributed by atoms with Crippen LogP contribution in [0.1, 0.15) is 36.8 Å². The minimum atomic E-state index is 0.0734. The number of likely N-dealkylation sites (tertiary alicyclic amines) is 1. The first-order valence-corrected chi connectivity index (χ1v) is 11.3. The Bertz CT molecular complexity index is 1130. The number of aryl methyl sites for hydroxylation is 1. The third-order valence-corrected chi connectivity index (χ3v) is 7.00. The van der Waals surface area contributed by atoms with Gasteiger partial charge in [0.15, 0.2) is 0 Å². The summed E-state index contributed by atoms with van der Waals surface area (Å²) in [6, 6.07) is 18.6. The highest BCUT2D eigenvalue weighted by Gasteiger charge is 2.43. The van der Waals surface area contributed by atoms with E-state index in [2.05, 4.69) is 22.3 Å². The second-order valence-electron chi connectivity index (χ2n) is 8.92. The average molecular weight is 419 g/mol. The summed E-state index contributed by atoms with van der Waals surface area (Å²) in [5.74, 6) is 0.702. The van der Waals surface area contributed by atoms with Gasteiger partial charge in [0.1, 0.15) is 0 Å². The SMILES string of the molecule is Cn1c(=O)n(C2CCN(CCNC(=O)[C@H]3C[C@@H]3c3ccccc3)CC2)c2ccccc21. The molecule has 2 atom stereocenters. The van der Waals surface area contributed by atoms with Crippen LogP contribution >= 0.6 is 0 Å². The van der Waals surface area contributed by atoms with E-state index >= 15 is 0 Å². The fourth-order valence-corrected chi connectivity index (χ4v) is 5.09. The van der Waals surface area contributed by atoms with Crippen molar-refractivity contribution in [3.63, 3.8) is 0 Å². The molecule has 0 unspecified atom stereocenters. The minimum Gasteiger partial charge on any atom is -0.355 e. The third kappa shape index (κ3) is 3.92. The molecule has 1 aliphatic heterocycles. The van der Waals surface area contributed by atoms with Gasteiger partial charge in [-0.1, -0.05) is 42.5 Å². The normalized spacial score (nSPS) is 22.0. The number of benzene rings is 2. The van der Waals surface area contributed by atoms with E-state index < -0.39 is 0 Å². The number of amides is 1. The zero-order valence-corrected chi connectivity index (χ0v) is 18.0. The van der Waals surface area contributed by atoms with Gasteiger partial charge in [-0.15, -0.1) is 0 Å². The van der Waals surface area contributed by atoms with Crippen molar-refractivity contribution in [2.45, 2.75) is 31.2 Å². The van der Waals surface area contributed by atoms with Crippen molar-refractivity contribution in [3.05, 3.63) is 70.6 Å². The van der Waals surface area contributed by atoms with Crippen LogP contribution in [0.25, 0.3) is 11.0 Å². The van der Waals surface area contributed by atoms with Crippen molar-refractivity contribution in [3.8, 4) is 0 Å². The summed E-state index contributed by atoms with van der Waals surface area (Å²) >= 11 is 0. The van der Waals surface area contributed by atoms with Gasteiger partial charge >= 0.3 is 5.69 Å². The van der Waals surface area contributed by atoms with Gasteiger partial charge in [-0.3, -0.25) is 13.9 Å². The number of carbonyl (C=O) groups is 1. The summed E-state index contributed by atoms with van der Waals surface area (Å²) in [4.78, 5) is 27.6. The summed E-state index contributed by atoms with van der Waals surface area (Å²) in [6.07, 6.45) is 2.88. The Labute approximate surface area is 182 Å². The molecular weight excluding hydrogens is 388 g/mol. The molecule has 31 heavy (non-hydrogen) atoms. The molecule has 6 heteroatoms. The first-order valence-electron chi connectivity index (χ1n) is 11.3. The number of aromatic nitrogens is 2. The van der Waals surface area contributed by atoms with Crippen LogP contribution in [0.4, 0.5) is 0 Å². The van der Waals surface area contributed by atoms with E-state index in [9.17, 15) is 9.59 Å². The largest absolute Gasteiger partial charge is 0.355 e. The Balaban J connectivity index is 1.10. The van der Waals surface area contributed by atoms with Crippen molar-refractivity contribution in [2.24, 2.45) is 13.0 Å². The lowest BCUT2D eigenvalue weighted by Gasteiger charge is -2.32. The predicted molar refractivity (Wildman–Crippen MR) is 122 cm³/mol. The molecule has 1 saturated heterocycles. The first kappa shape index (κ1) is 20.1. The highest BCUT2D eigenvalue weighted by molar-refractivity contribution is 5.82. The number of hydrogen-bond donors (Lipinski definition) is 1. The number of rotatable bonds is 6. The molecule has 1 amide bonds. The van der Waals surface area contributed by atoms with Crippen molar-refractivity contribution in [1.82, 2.24) is 19.4 Å². The van der Waals surface area contributed by atoms with E-state index in [4.69, 9.17) is 0 Å². The lowest BCUT2D eigenvalue weighted by molar-refractivity contribution is -0.122. The maximum atomic E-state index is 12.8. The van der Waals surface area contributed by atoms with Crippen LogP contribution in [0.15, 0.2) is 59.4 Å². The molecule has 2 heterocycles. The number of carbonyl (C=O) groups excluding carboxylic acids is 1. The van der Waals surface area contributed by atoms with Crippen LogP contribution in [0, 0.1) is 5.92 Å². The zero-order valence-electron chi connectivity index (χ0n) is 18.0. The van der Waals surface area contributed by atoms with E-state index in [0.717, 1.165) is 49.9 Å². The smallest absolute Gasteiger partial charge is 0.329 e. The van der Waals surface area contributed by atoms with Gasteiger partial charge in [-0.25, -0.2) is 4.79 Å². The van der Waals surface area contributed by atoms with Gasteiger partial charge in [-0.05, 0) is 42.9 Å². The molecule has 1 saturated carbocycles. The fraction of sp³-hybridized carbons (Fsp3) is 0.440. The molecule has 1 aromatic heterocycles. The van der Waals surface area contributed by atoms with Crippen molar-refractivity contribution in [1.29, 1.82) is 0 Å². The predicted octanol–water partition coefficient (Wildman–Crippen LogP) is 2.90. The molecule has 6 nitrogen and oxygen atoms in total. The number of hydrogen-bond acceptors (Lipinski definition) is 3. The Hall–Kier alpha value is -2.86. The second-order valence-corrected chi connectivity index (χ2v) is 8.92. The van der Waals surface area contributed by atoms with Gasteiger partial charge in [0.25, 0.3) is 0 Å². The van der Waals surface area contributed by atoms with Crippen LogP contribution in [-0.2, 0) is 11.8 Å². The Morgan fingerprint density at radius 1 is 1.00 bits per heavy atom. The molecule has 162 valence electrons. The number of imidazole rings is 1. The number of para-hydroxylation sites is 2. The van der Waals surface area contributed by atoms with Crippen molar-refractivity contribution >= 4 is 16.9 Å². The van der Waals surface area contributed by atoms with Gasteiger partial charge in [-0.2, -0.15) is 0 Å². The fourth-order valence-electron chi connectivity index (χ4n) is 5.09. The third-order valence-electron chi connectivity index (χ3n) is 7.00. The van der Waals surface area contributed by atoms with Crippen molar-refractivity contribution in [2.75, 3.05) is 26.2 Å².